The molecule has 0 aliphatic carbocycles. The van der Waals surface area contributed by atoms with Crippen molar-refractivity contribution in [1.82, 2.24) is 20.3 Å². The maximum absolute atomic E-state index is 11.8. The van der Waals surface area contributed by atoms with Gasteiger partial charge in [-0.15, -0.1) is 0 Å². The third-order valence-corrected chi connectivity index (χ3v) is 3.17. The van der Waals surface area contributed by atoms with Gasteiger partial charge < -0.3 is 19.9 Å². The molecule has 1 aliphatic rings. The quantitative estimate of drug-likeness (QED) is 0.825. The van der Waals surface area contributed by atoms with E-state index in [1.165, 1.54) is 0 Å². The lowest BCUT2D eigenvalue weighted by molar-refractivity contribution is -0.124. The highest BCUT2D eigenvalue weighted by Gasteiger charge is 2.21. The van der Waals surface area contributed by atoms with Crippen LogP contribution in [-0.2, 0) is 16.0 Å². The van der Waals surface area contributed by atoms with Gasteiger partial charge in [-0.25, -0.2) is 9.97 Å². The molecule has 7 heteroatoms. The number of carbonyl (C=O) groups excluding carboxylic acids is 1. The monoisotopic (exact) mass is 275 g/mol. The first kappa shape index (κ1) is 12.9. The van der Waals surface area contributed by atoms with Crippen molar-refractivity contribution in [1.29, 1.82) is 0 Å². The van der Waals surface area contributed by atoms with Crippen LogP contribution >= 0.6 is 0 Å². The molecule has 7 nitrogen and oxygen atoms in total. The number of anilines is 1. The molecule has 1 aliphatic heterocycles. The smallest absolute Gasteiger partial charge is 0.227 e. The van der Waals surface area contributed by atoms with Crippen molar-refractivity contribution in [2.75, 3.05) is 32.2 Å². The van der Waals surface area contributed by atoms with Gasteiger partial charge in [-0.3, -0.25) is 4.79 Å². The summed E-state index contributed by atoms with van der Waals surface area (Å²) in [6.45, 7) is 1.19. The molecule has 1 amide bonds. The van der Waals surface area contributed by atoms with Crippen LogP contribution in [0.3, 0.4) is 0 Å². The molecule has 3 rings (SSSR count). The van der Waals surface area contributed by atoms with Crippen molar-refractivity contribution in [2.45, 2.75) is 12.5 Å². The van der Waals surface area contributed by atoms with Gasteiger partial charge >= 0.3 is 0 Å². The fraction of sp³-hybridized carbons (Fsp3) is 0.462. The van der Waals surface area contributed by atoms with E-state index < -0.39 is 0 Å². The number of amides is 1. The summed E-state index contributed by atoms with van der Waals surface area (Å²) in [7, 11) is 3.85. The number of aromatic nitrogens is 3. The number of fused-ring (bicyclic) bond motifs is 1. The van der Waals surface area contributed by atoms with Crippen LogP contribution in [-0.4, -0.2) is 54.2 Å². The molecule has 1 fully saturated rings. The normalized spacial score (nSPS) is 15.1. The molecule has 1 saturated heterocycles. The van der Waals surface area contributed by atoms with Crippen LogP contribution in [0.1, 0.15) is 5.82 Å². The van der Waals surface area contributed by atoms with Crippen LogP contribution in [0.4, 0.5) is 5.82 Å². The van der Waals surface area contributed by atoms with Gasteiger partial charge in [-0.1, -0.05) is 0 Å². The van der Waals surface area contributed by atoms with E-state index in [1.807, 2.05) is 31.1 Å². The zero-order chi connectivity index (χ0) is 14.1. The fourth-order valence-corrected chi connectivity index (χ4v) is 2.02. The lowest BCUT2D eigenvalue weighted by Crippen LogP contribution is -2.49. The Morgan fingerprint density at radius 3 is 2.90 bits per heavy atom. The number of hydrogen-bond donors (Lipinski definition) is 2. The Bertz CT molecular complexity index is 633. The van der Waals surface area contributed by atoms with E-state index in [9.17, 15) is 4.79 Å². The van der Waals surface area contributed by atoms with Crippen molar-refractivity contribution in [2.24, 2.45) is 0 Å². The summed E-state index contributed by atoms with van der Waals surface area (Å²) in [5.41, 5.74) is 1.47. The number of nitrogens with one attached hydrogen (secondary N) is 2. The Kier molecular flexibility index (Phi) is 3.27. The molecule has 0 saturated carbocycles. The number of H-pyrrole nitrogens is 1. The standard InChI is InChI=1S/C13H17N5O2/c1-18(2)11-4-3-9-13(17-11)16-10(15-9)5-12(19)14-8-6-20-7-8/h3-4,8H,5-7H2,1-2H3,(H,14,19)(H,15,16,17). The van der Waals surface area contributed by atoms with Crippen LogP contribution in [0.25, 0.3) is 11.2 Å². The van der Waals surface area contributed by atoms with E-state index in [1.54, 1.807) is 0 Å². The van der Waals surface area contributed by atoms with Gasteiger partial charge in [0.2, 0.25) is 5.91 Å². The second-order valence-corrected chi connectivity index (χ2v) is 5.10. The first-order valence-electron chi connectivity index (χ1n) is 6.52. The minimum Gasteiger partial charge on any atom is -0.377 e. The molecule has 2 N–H and O–H groups in total. The number of pyridine rings is 1. The number of ether oxygens (including phenoxy) is 1. The van der Waals surface area contributed by atoms with E-state index in [2.05, 4.69) is 20.3 Å². The minimum absolute atomic E-state index is 0.0508. The van der Waals surface area contributed by atoms with Crippen molar-refractivity contribution >= 4 is 22.9 Å². The van der Waals surface area contributed by atoms with Crippen molar-refractivity contribution in [3.63, 3.8) is 0 Å². The number of aromatic amines is 1. The summed E-state index contributed by atoms with van der Waals surface area (Å²) in [4.78, 5) is 25.6. The minimum atomic E-state index is -0.0508. The molecule has 3 heterocycles. The van der Waals surface area contributed by atoms with Gasteiger partial charge in [0.1, 0.15) is 11.6 Å². The molecule has 0 aromatic carbocycles. The Balaban J connectivity index is 1.73. The second-order valence-electron chi connectivity index (χ2n) is 5.10. The molecule has 0 spiro atoms. The largest absolute Gasteiger partial charge is 0.377 e. The molecule has 20 heavy (non-hydrogen) atoms. The van der Waals surface area contributed by atoms with Gasteiger partial charge in [0.15, 0.2) is 5.65 Å². The Morgan fingerprint density at radius 2 is 2.25 bits per heavy atom. The van der Waals surface area contributed by atoms with Crippen LogP contribution < -0.4 is 10.2 Å². The molecule has 2 aromatic heterocycles. The number of nitrogens with zero attached hydrogens (tertiary/aromatic N) is 3. The predicted molar refractivity (Wildman–Crippen MR) is 74.7 cm³/mol. The van der Waals surface area contributed by atoms with E-state index in [0.29, 0.717) is 24.7 Å². The van der Waals surface area contributed by atoms with Crippen molar-refractivity contribution in [3.05, 3.63) is 18.0 Å². The first-order chi connectivity index (χ1) is 9.61. The molecule has 0 atom stereocenters. The molecular weight excluding hydrogens is 258 g/mol. The third-order valence-electron chi connectivity index (χ3n) is 3.17. The maximum atomic E-state index is 11.8. The van der Waals surface area contributed by atoms with E-state index in [-0.39, 0.29) is 18.4 Å². The summed E-state index contributed by atoms with van der Waals surface area (Å²) < 4.78 is 5.02. The zero-order valence-electron chi connectivity index (χ0n) is 11.5. The average molecular weight is 275 g/mol. The van der Waals surface area contributed by atoms with Crippen LogP contribution in [0.15, 0.2) is 12.1 Å². The van der Waals surface area contributed by atoms with Crippen LogP contribution in [0.2, 0.25) is 0 Å². The number of imidazole rings is 1. The fourth-order valence-electron chi connectivity index (χ4n) is 2.02. The van der Waals surface area contributed by atoms with Gasteiger partial charge in [-0.05, 0) is 12.1 Å². The van der Waals surface area contributed by atoms with E-state index in [0.717, 1.165) is 11.3 Å². The Hall–Kier alpha value is -2.15. The molecule has 0 radical (unpaired) electrons. The number of carbonyl (C=O) groups is 1. The van der Waals surface area contributed by atoms with Crippen molar-refractivity contribution < 1.29 is 9.53 Å². The number of rotatable bonds is 4. The molecule has 0 unspecified atom stereocenters. The topological polar surface area (TPSA) is 83.1 Å². The highest BCUT2D eigenvalue weighted by Crippen LogP contribution is 2.15. The first-order valence-corrected chi connectivity index (χ1v) is 6.52. The molecule has 106 valence electrons. The SMILES string of the molecule is CN(C)c1ccc2[nH]c(CC(=O)NC3COC3)nc2n1. The molecule has 2 aromatic rings. The summed E-state index contributed by atoms with van der Waals surface area (Å²) in [5, 5.41) is 2.89. The van der Waals surface area contributed by atoms with Crippen molar-refractivity contribution in [3.8, 4) is 0 Å². The second kappa shape index (κ2) is 5.09. The van der Waals surface area contributed by atoms with E-state index in [4.69, 9.17) is 4.74 Å². The van der Waals surface area contributed by atoms with Gasteiger partial charge in [0.05, 0.1) is 31.2 Å². The third kappa shape index (κ3) is 2.57. The summed E-state index contributed by atoms with van der Waals surface area (Å²) >= 11 is 0. The lowest BCUT2D eigenvalue weighted by atomic mass is 10.2. The number of hydrogen-bond acceptors (Lipinski definition) is 5. The van der Waals surface area contributed by atoms with E-state index >= 15 is 0 Å². The zero-order valence-corrected chi connectivity index (χ0v) is 11.5. The Morgan fingerprint density at radius 1 is 1.45 bits per heavy atom. The molecular formula is C13H17N5O2. The maximum Gasteiger partial charge on any atom is 0.227 e. The van der Waals surface area contributed by atoms with Gasteiger partial charge in [0, 0.05) is 14.1 Å². The van der Waals surface area contributed by atoms with Crippen LogP contribution in [0.5, 0.6) is 0 Å². The summed E-state index contributed by atoms with van der Waals surface area (Å²) in [6.07, 6.45) is 0.226. The van der Waals surface area contributed by atoms with Crippen LogP contribution in [0, 0.1) is 0 Å². The van der Waals surface area contributed by atoms with Gasteiger partial charge in [-0.2, -0.15) is 0 Å². The Labute approximate surface area is 116 Å². The predicted octanol–water partition coefficient (Wildman–Crippen LogP) is 0.0814. The summed E-state index contributed by atoms with van der Waals surface area (Å²) in [6, 6.07) is 3.98. The highest BCUT2D eigenvalue weighted by molar-refractivity contribution is 5.80. The summed E-state index contributed by atoms with van der Waals surface area (Å²) in [5.74, 6) is 1.41. The highest BCUT2D eigenvalue weighted by atomic mass is 16.5. The van der Waals surface area contributed by atoms with Gasteiger partial charge in [0.25, 0.3) is 0 Å². The molecule has 0 bridgehead atoms. The lowest BCUT2D eigenvalue weighted by Gasteiger charge is -2.26. The average Bonchev–Trinajstić information content (AvgIpc) is 2.74.